The number of unbranched alkanes of at least 4 members (excludes halogenated alkanes) is 1. The van der Waals surface area contributed by atoms with E-state index >= 15 is 0 Å². The molecule has 0 aliphatic heterocycles. The van der Waals surface area contributed by atoms with Crippen LogP contribution in [0.25, 0.3) is 0 Å². The molecule has 10 heteroatoms. The number of anilines is 1. The summed E-state index contributed by atoms with van der Waals surface area (Å²) >= 11 is 3.36. The van der Waals surface area contributed by atoms with E-state index in [4.69, 9.17) is 4.74 Å². The van der Waals surface area contributed by atoms with Crippen molar-refractivity contribution in [2.24, 2.45) is 0 Å². The van der Waals surface area contributed by atoms with E-state index in [0.29, 0.717) is 22.5 Å². The number of sulfonamides is 1. The number of nitrogens with one attached hydrogen (secondary N) is 1. The molecule has 0 aliphatic carbocycles. The summed E-state index contributed by atoms with van der Waals surface area (Å²) in [6, 6.07) is 19.9. The average molecular weight is 631 g/mol. The number of aryl methyl sites for hydroxylation is 1. The average Bonchev–Trinajstić information content (AvgIpc) is 2.95. The highest BCUT2D eigenvalue weighted by molar-refractivity contribution is 9.10. The van der Waals surface area contributed by atoms with Gasteiger partial charge in [0, 0.05) is 13.1 Å². The molecule has 3 rings (SSSR count). The van der Waals surface area contributed by atoms with Gasteiger partial charge in [0.15, 0.2) is 0 Å². The van der Waals surface area contributed by atoms with Crippen LogP contribution in [-0.4, -0.2) is 51.4 Å². The normalized spacial score (nSPS) is 11.9. The second kappa shape index (κ2) is 14.3. The first-order valence-corrected chi connectivity index (χ1v) is 15.4. The predicted molar refractivity (Wildman–Crippen MR) is 161 cm³/mol. The number of hydrogen-bond acceptors (Lipinski definition) is 5. The van der Waals surface area contributed by atoms with E-state index in [1.807, 2.05) is 44.2 Å². The van der Waals surface area contributed by atoms with Gasteiger partial charge in [0.05, 0.1) is 22.2 Å². The third-order valence-corrected chi connectivity index (χ3v) is 8.89. The molecule has 3 aromatic carbocycles. The minimum atomic E-state index is -4.18. The number of methoxy groups -OCH3 is 1. The van der Waals surface area contributed by atoms with E-state index in [1.54, 1.807) is 37.3 Å². The largest absolute Gasteiger partial charge is 0.496 e. The van der Waals surface area contributed by atoms with Gasteiger partial charge in [0.2, 0.25) is 11.8 Å². The fourth-order valence-corrected chi connectivity index (χ4v) is 6.21. The highest BCUT2D eigenvalue weighted by Crippen LogP contribution is 2.31. The third kappa shape index (κ3) is 7.85. The maximum absolute atomic E-state index is 14.0. The quantitative estimate of drug-likeness (QED) is 0.259. The van der Waals surface area contributed by atoms with Crippen molar-refractivity contribution in [3.63, 3.8) is 0 Å². The third-order valence-electron chi connectivity index (χ3n) is 6.50. The molecule has 214 valence electrons. The van der Waals surface area contributed by atoms with Crippen LogP contribution in [0.1, 0.15) is 37.8 Å². The minimum absolute atomic E-state index is 0.00600. The van der Waals surface area contributed by atoms with E-state index in [-0.39, 0.29) is 17.3 Å². The molecule has 0 radical (unpaired) electrons. The zero-order chi connectivity index (χ0) is 29.3. The molecule has 0 bridgehead atoms. The Labute approximate surface area is 245 Å². The Morgan fingerprint density at radius 1 is 1.02 bits per heavy atom. The van der Waals surface area contributed by atoms with Crippen molar-refractivity contribution in [3.8, 4) is 5.75 Å². The summed E-state index contributed by atoms with van der Waals surface area (Å²) in [6.45, 7) is 5.75. The SMILES string of the molecule is CCCCNC(=O)C(C)N(Cc1ccccc1)C(=O)CN(c1ccc(C)cc1)S(=O)(=O)c1ccc(OC)c(Br)c1. The van der Waals surface area contributed by atoms with Gasteiger partial charge in [-0.05, 0) is 72.1 Å². The number of amides is 2. The first kappa shape index (κ1) is 31.2. The number of hydrogen-bond donors (Lipinski definition) is 1. The molecule has 0 saturated carbocycles. The lowest BCUT2D eigenvalue weighted by atomic mass is 10.1. The molecule has 0 aromatic heterocycles. The number of carbonyl (C=O) groups is 2. The smallest absolute Gasteiger partial charge is 0.264 e. The lowest BCUT2D eigenvalue weighted by molar-refractivity contribution is -0.139. The highest BCUT2D eigenvalue weighted by Gasteiger charge is 2.32. The first-order valence-electron chi connectivity index (χ1n) is 13.1. The molecule has 0 heterocycles. The molecular weight excluding hydrogens is 594 g/mol. The van der Waals surface area contributed by atoms with Crippen LogP contribution in [0.4, 0.5) is 5.69 Å². The zero-order valence-electron chi connectivity index (χ0n) is 23.3. The lowest BCUT2D eigenvalue weighted by Crippen LogP contribution is -2.51. The van der Waals surface area contributed by atoms with Crippen molar-refractivity contribution < 1.29 is 22.7 Å². The van der Waals surface area contributed by atoms with Crippen LogP contribution in [0, 0.1) is 6.92 Å². The maximum Gasteiger partial charge on any atom is 0.264 e. The summed E-state index contributed by atoms with van der Waals surface area (Å²) in [5, 5.41) is 2.89. The van der Waals surface area contributed by atoms with Gasteiger partial charge in [-0.3, -0.25) is 13.9 Å². The second-order valence-electron chi connectivity index (χ2n) is 9.47. The van der Waals surface area contributed by atoms with Crippen molar-refractivity contribution in [2.45, 2.75) is 51.1 Å². The van der Waals surface area contributed by atoms with Gasteiger partial charge >= 0.3 is 0 Å². The van der Waals surface area contributed by atoms with Crippen LogP contribution in [-0.2, 0) is 26.2 Å². The number of carbonyl (C=O) groups excluding carboxylic acids is 2. The van der Waals surface area contributed by atoms with Gasteiger partial charge in [-0.2, -0.15) is 0 Å². The van der Waals surface area contributed by atoms with Crippen molar-refractivity contribution >= 4 is 43.5 Å². The molecule has 3 aromatic rings. The first-order chi connectivity index (χ1) is 19.1. The van der Waals surface area contributed by atoms with Crippen LogP contribution in [0.2, 0.25) is 0 Å². The van der Waals surface area contributed by atoms with Crippen LogP contribution >= 0.6 is 15.9 Å². The van der Waals surface area contributed by atoms with Gasteiger partial charge < -0.3 is 15.0 Å². The van der Waals surface area contributed by atoms with Crippen molar-refractivity contribution in [3.05, 3.63) is 88.4 Å². The minimum Gasteiger partial charge on any atom is -0.496 e. The summed E-state index contributed by atoms with van der Waals surface area (Å²) in [6.07, 6.45) is 1.74. The number of ether oxygens (including phenoxy) is 1. The molecule has 0 fully saturated rings. The van der Waals surface area contributed by atoms with E-state index < -0.39 is 28.5 Å². The van der Waals surface area contributed by atoms with E-state index in [1.165, 1.54) is 24.1 Å². The van der Waals surface area contributed by atoms with Crippen LogP contribution in [0.3, 0.4) is 0 Å². The van der Waals surface area contributed by atoms with Gasteiger partial charge in [0.25, 0.3) is 10.0 Å². The Morgan fingerprint density at radius 2 is 1.70 bits per heavy atom. The topological polar surface area (TPSA) is 96.0 Å². The van der Waals surface area contributed by atoms with Gasteiger partial charge in [-0.25, -0.2) is 8.42 Å². The van der Waals surface area contributed by atoms with Crippen molar-refractivity contribution in [1.29, 1.82) is 0 Å². The Bertz CT molecular complexity index is 1400. The summed E-state index contributed by atoms with van der Waals surface area (Å²) in [5.41, 5.74) is 2.11. The Morgan fingerprint density at radius 3 is 2.30 bits per heavy atom. The monoisotopic (exact) mass is 629 g/mol. The number of nitrogens with zero attached hydrogens (tertiary/aromatic N) is 2. The molecule has 1 unspecified atom stereocenters. The van der Waals surface area contributed by atoms with Crippen LogP contribution in [0.5, 0.6) is 5.75 Å². The molecule has 0 aliphatic rings. The summed E-state index contributed by atoms with van der Waals surface area (Å²) in [7, 11) is -2.69. The molecule has 2 amide bonds. The molecule has 1 N–H and O–H groups in total. The fraction of sp³-hybridized carbons (Fsp3) is 0.333. The molecular formula is C30H36BrN3O5S. The van der Waals surface area contributed by atoms with E-state index in [2.05, 4.69) is 21.2 Å². The van der Waals surface area contributed by atoms with Gasteiger partial charge in [-0.1, -0.05) is 61.4 Å². The number of halogens is 1. The Kier molecular flexibility index (Phi) is 11.2. The maximum atomic E-state index is 14.0. The van der Waals surface area contributed by atoms with E-state index in [0.717, 1.165) is 28.3 Å². The van der Waals surface area contributed by atoms with Crippen LogP contribution < -0.4 is 14.4 Å². The van der Waals surface area contributed by atoms with Gasteiger partial charge in [-0.15, -0.1) is 0 Å². The van der Waals surface area contributed by atoms with Gasteiger partial charge in [0.1, 0.15) is 18.3 Å². The summed E-state index contributed by atoms with van der Waals surface area (Å²) < 4.78 is 34.8. The zero-order valence-corrected chi connectivity index (χ0v) is 25.7. The molecule has 40 heavy (non-hydrogen) atoms. The lowest BCUT2D eigenvalue weighted by Gasteiger charge is -2.32. The summed E-state index contributed by atoms with van der Waals surface area (Å²) in [4.78, 5) is 28.4. The van der Waals surface area contributed by atoms with Crippen molar-refractivity contribution in [1.82, 2.24) is 10.2 Å². The second-order valence-corrected chi connectivity index (χ2v) is 12.2. The molecule has 1 atom stereocenters. The molecule has 0 saturated heterocycles. The van der Waals surface area contributed by atoms with E-state index in [9.17, 15) is 18.0 Å². The predicted octanol–water partition coefficient (Wildman–Crippen LogP) is 5.30. The fourth-order valence-electron chi connectivity index (χ4n) is 4.07. The van der Waals surface area contributed by atoms with Crippen molar-refractivity contribution in [2.75, 3.05) is 24.5 Å². The summed E-state index contributed by atoms with van der Waals surface area (Å²) in [5.74, 6) is -0.311. The number of benzene rings is 3. The molecule has 0 spiro atoms. The molecule has 8 nitrogen and oxygen atoms in total. The highest BCUT2D eigenvalue weighted by atomic mass is 79.9. The Hall–Kier alpha value is -3.37. The standard InChI is InChI=1S/C30H36BrN3O5S/c1-5-6-18-32-30(36)23(3)33(20-24-10-8-7-9-11-24)29(35)21-34(25-14-12-22(2)13-15-25)40(37,38)26-16-17-28(39-4)27(31)19-26/h7-17,19,23H,5-6,18,20-21H2,1-4H3,(H,32,36). The van der Waals surface area contributed by atoms with Crippen LogP contribution in [0.15, 0.2) is 82.2 Å². The number of rotatable bonds is 13. The Balaban J connectivity index is 2.01.